The Morgan fingerprint density at radius 1 is 1.30 bits per heavy atom. The number of fused-ring (bicyclic) bond motifs is 5. The smallest absolute Gasteiger partial charge is 0.408 e. The van der Waals surface area contributed by atoms with E-state index in [0.29, 0.717) is 18.7 Å². The van der Waals surface area contributed by atoms with Crippen LogP contribution in [-0.2, 0) is 10.3 Å². The number of hydrogen-bond acceptors (Lipinski definition) is 4. The number of nitrogens with zero attached hydrogens (tertiary/aromatic N) is 2. The standard InChI is InChI=1S/C20H21F2N3O2/c1-4-23-18(26)27-20-9-8-12(19(20,2)3)11-10-15(24-25-17(11)20)16-13(21)6-5-7-14(16)22/h5-7,10,12H,4,8-9H2,1-3H3,(H,23,26)/t12-,20+/m1/s1. The van der Waals surface area contributed by atoms with Crippen LogP contribution in [0.5, 0.6) is 0 Å². The summed E-state index contributed by atoms with van der Waals surface area (Å²) in [5, 5.41) is 11.0. The van der Waals surface area contributed by atoms with Crippen LogP contribution in [0, 0.1) is 17.0 Å². The number of alkyl carbamates (subject to hydrolysis) is 1. The molecule has 1 saturated carbocycles. The van der Waals surface area contributed by atoms with Crippen molar-refractivity contribution in [2.45, 2.75) is 45.1 Å². The summed E-state index contributed by atoms with van der Waals surface area (Å²) >= 11 is 0. The van der Waals surface area contributed by atoms with E-state index in [1.807, 2.05) is 20.8 Å². The highest BCUT2D eigenvalue weighted by atomic mass is 19.1. The van der Waals surface area contributed by atoms with Crippen LogP contribution in [0.15, 0.2) is 24.3 Å². The fourth-order valence-corrected chi connectivity index (χ4v) is 4.70. The Bertz CT molecular complexity index is 911. The summed E-state index contributed by atoms with van der Waals surface area (Å²) in [5.41, 5.74) is 0.138. The Kier molecular flexibility index (Phi) is 3.94. The zero-order chi connectivity index (χ0) is 19.4. The van der Waals surface area contributed by atoms with Crippen molar-refractivity contribution in [2.24, 2.45) is 5.41 Å². The highest BCUT2D eigenvalue weighted by Gasteiger charge is 2.66. The van der Waals surface area contributed by atoms with Crippen molar-refractivity contribution in [3.05, 3.63) is 47.2 Å². The highest BCUT2D eigenvalue weighted by molar-refractivity contribution is 5.69. The van der Waals surface area contributed by atoms with Crippen LogP contribution in [0.4, 0.5) is 13.6 Å². The van der Waals surface area contributed by atoms with Gasteiger partial charge >= 0.3 is 6.09 Å². The van der Waals surface area contributed by atoms with Crippen LogP contribution in [-0.4, -0.2) is 22.8 Å². The van der Waals surface area contributed by atoms with Gasteiger partial charge in [-0.05, 0) is 49.4 Å². The van der Waals surface area contributed by atoms with E-state index in [1.54, 1.807) is 6.07 Å². The lowest BCUT2D eigenvalue weighted by atomic mass is 9.77. The molecule has 0 spiro atoms. The van der Waals surface area contributed by atoms with Gasteiger partial charge in [0.15, 0.2) is 5.60 Å². The molecule has 1 fully saturated rings. The van der Waals surface area contributed by atoms with Crippen LogP contribution in [0.2, 0.25) is 0 Å². The average Bonchev–Trinajstić information content (AvgIpc) is 2.95. The van der Waals surface area contributed by atoms with Gasteiger partial charge in [-0.25, -0.2) is 13.6 Å². The summed E-state index contributed by atoms with van der Waals surface area (Å²) in [5.74, 6) is -1.29. The average molecular weight is 373 g/mol. The molecule has 0 aliphatic heterocycles. The van der Waals surface area contributed by atoms with E-state index in [2.05, 4.69) is 15.5 Å². The first-order valence-corrected chi connectivity index (χ1v) is 9.11. The van der Waals surface area contributed by atoms with Gasteiger partial charge < -0.3 is 10.1 Å². The van der Waals surface area contributed by atoms with Gasteiger partial charge in [0.25, 0.3) is 0 Å². The zero-order valence-corrected chi connectivity index (χ0v) is 15.5. The van der Waals surface area contributed by atoms with Crippen LogP contribution in [0.3, 0.4) is 0 Å². The monoisotopic (exact) mass is 373 g/mol. The van der Waals surface area contributed by atoms with E-state index < -0.39 is 23.3 Å². The number of aromatic nitrogens is 2. The number of rotatable bonds is 3. The summed E-state index contributed by atoms with van der Waals surface area (Å²) in [7, 11) is 0. The third kappa shape index (κ3) is 2.37. The Labute approximate surface area is 156 Å². The van der Waals surface area contributed by atoms with Gasteiger partial charge in [0, 0.05) is 12.0 Å². The maximum Gasteiger partial charge on any atom is 0.408 e. The molecule has 2 aliphatic rings. The van der Waals surface area contributed by atoms with E-state index in [-0.39, 0.29) is 22.6 Å². The van der Waals surface area contributed by atoms with Gasteiger partial charge in [0.05, 0.1) is 11.3 Å². The molecule has 0 radical (unpaired) electrons. The second-order valence-electron chi connectivity index (χ2n) is 7.69. The SMILES string of the molecule is CCNC(=O)O[C@@]12CC[C@H](c3cc(-c4c(F)cccc4F)nnc31)C2(C)C. The van der Waals surface area contributed by atoms with E-state index in [9.17, 15) is 13.6 Å². The lowest BCUT2D eigenvalue weighted by Crippen LogP contribution is -2.43. The normalized spacial score (nSPS) is 24.6. The molecule has 2 bridgehead atoms. The van der Waals surface area contributed by atoms with E-state index >= 15 is 0 Å². The predicted molar refractivity (Wildman–Crippen MR) is 95.0 cm³/mol. The molecule has 1 amide bonds. The first kappa shape index (κ1) is 17.8. The van der Waals surface area contributed by atoms with E-state index in [0.717, 1.165) is 12.0 Å². The topological polar surface area (TPSA) is 64.1 Å². The molecule has 0 saturated heterocycles. The molecule has 1 N–H and O–H groups in total. The van der Waals surface area contributed by atoms with Crippen molar-refractivity contribution >= 4 is 6.09 Å². The predicted octanol–water partition coefficient (Wildman–Crippen LogP) is 4.28. The molecular formula is C20H21F2N3O2. The number of carbonyl (C=O) groups is 1. The molecule has 142 valence electrons. The summed E-state index contributed by atoms with van der Waals surface area (Å²) in [4.78, 5) is 12.2. The zero-order valence-electron chi connectivity index (χ0n) is 15.5. The van der Waals surface area contributed by atoms with Gasteiger partial charge in [0.2, 0.25) is 0 Å². The quantitative estimate of drug-likeness (QED) is 0.872. The Hall–Kier alpha value is -2.57. The summed E-state index contributed by atoms with van der Waals surface area (Å²) in [6, 6.07) is 5.40. The third-order valence-electron chi connectivity index (χ3n) is 6.09. The lowest BCUT2D eigenvalue weighted by molar-refractivity contribution is -0.0575. The van der Waals surface area contributed by atoms with Crippen molar-refractivity contribution < 1.29 is 18.3 Å². The minimum atomic E-state index is -0.883. The first-order chi connectivity index (χ1) is 12.8. The molecule has 2 aliphatic carbocycles. The van der Waals surface area contributed by atoms with Crippen LogP contribution in [0.25, 0.3) is 11.3 Å². The minimum Gasteiger partial charge on any atom is -0.436 e. The van der Waals surface area contributed by atoms with E-state index in [4.69, 9.17) is 4.74 Å². The Morgan fingerprint density at radius 2 is 2.00 bits per heavy atom. The molecule has 5 nitrogen and oxygen atoms in total. The van der Waals surface area contributed by atoms with Crippen LogP contribution >= 0.6 is 0 Å². The number of ether oxygens (including phenoxy) is 1. The van der Waals surface area contributed by atoms with Gasteiger partial charge in [0.1, 0.15) is 17.3 Å². The number of halogens is 2. The molecule has 4 rings (SSSR count). The molecule has 1 aromatic heterocycles. The molecule has 7 heteroatoms. The number of amides is 1. The second kappa shape index (κ2) is 5.97. The maximum atomic E-state index is 14.2. The van der Waals surface area contributed by atoms with Crippen molar-refractivity contribution in [2.75, 3.05) is 6.54 Å². The fraction of sp³-hybridized carbons (Fsp3) is 0.450. The van der Waals surface area contributed by atoms with Crippen LogP contribution in [0.1, 0.15) is 50.8 Å². The number of hydrogen-bond donors (Lipinski definition) is 1. The fourth-order valence-electron chi connectivity index (χ4n) is 4.70. The molecule has 1 aromatic carbocycles. The Balaban J connectivity index is 1.82. The van der Waals surface area contributed by atoms with Crippen molar-refractivity contribution in [3.8, 4) is 11.3 Å². The maximum absolute atomic E-state index is 14.2. The molecule has 2 atom stereocenters. The van der Waals surface area contributed by atoms with Gasteiger partial charge in [-0.3, -0.25) is 0 Å². The van der Waals surface area contributed by atoms with Crippen molar-refractivity contribution in [1.29, 1.82) is 0 Å². The van der Waals surface area contributed by atoms with Crippen LogP contribution < -0.4 is 5.32 Å². The van der Waals surface area contributed by atoms with Gasteiger partial charge in [-0.15, -0.1) is 5.10 Å². The lowest BCUT2D eigenvalue weighted by Gasteiger charge is -2.36. The summed E-state index contributed by atoms with van der Waals surface area (Å²) in [6.45, 7) is 6.35. The summed E-state index contributed by atoms with van der Waals surface area (Å²) in [6.07, 6.45) is 0.964. The molecule has 1 heterocycles. The van der Waals surface area contributed by atoms with E-state index in [1.165, 1.54) is 18.2 Å². The largest absolute Gasteiger partial charge is 0.436 e. The number of benzene rings is 1. The Morgan fingerprint density at radius 3 is 2.67 bits per heavy atom. The highest BCUT2D eigenvalue weighted by Crippen LogP contribution is 2.67. The van der Waals surface area contributed by atoms with Crippen molar-refractivity contribution in [1.82, 2.24) is 15.5 Å². The molecular weight excluding hydrogens is 352 g/mol. The number of carbonyl (C=O) groups excluding carboxylic acids is 1. The first-order valence-electron chi connectivity index (χ1n) is 9.11. The second-order valence-corrected chi connectivity index (χ2v) is 7.69. The molecule has 2 aromatic rings. The van der Waals surface area contributed by atoms with Gasteiger partial charge in [-0.1, -0.05) is 19.9 Å². The summed E-state index contributed by atoms with van der Waals surface area (Å²) < 4.78 is 34.2. The molecule has 27 heavy (non-hydrogen) atoms. The third-order valence-corrected chi connectivity index (χ3v) is 6.09. The van der Waals surface area contributed by atoms with Crippen molar-refractivity contribution in [3.63, 3.8) is 0 Å². The molecule has 0 unspecified atom stereocenters. The number of nitrogens with one attached hydrogen (secondary N) is 1. The minimum absolute atomic E-state index is 0.0750. The van der Waals surface area contributed by atoms with Gasteiger partial charge in [-0.2, -0.15) is 5.10 Å².